The van der Waals surface area contributed by atoms with Crippen molar-refractivity contribution >= 4 is 21.9 Å². The van der Waals surface area contributed by atoms with Crippen molar-refractivity contribution in [1.82, 2.24) is 9.97 Å². The van der Waals surface area contributed by atoms with Gasteiger partial charge in [0.05, 0.1) is 17.8 Å². The van der Waals surface area contributed by atoms with E-state index in [0.717, 1.165) is 16.6 Å². The van der Waals surface area contributed by atoms with E-state index in [4.69, 9.17) is 4.74 Å². The van der Waals surface area contributed by atoms with E-state index in [9.17, 15) is 0 Å². The third-order valence-electron chi connectivity index (χ3n) is 1.74. The second-order valence-corrected chi connectivity index (χ2v) is 4.19. The highest BCUT2D eigenvalue weighted by molar-refractivity contribution is 9.10. The topological polar surface area (TPSA) is 38.2 Å². The Bertz CT molecular complexity index is 368. The maximum absolute atomic E-state index is 5.09. The SMILES string of the molecule is C=C(C)CN(C)c1ncc(Br)c(OC)n1. The quantitative estimate of drug-likeness (QED) is 0.788. The van der Waals surface area contributed by atoms with Gasteiger partial charge in [-0.3, -0.25) is 0 Å². The average molecular weight is 272 g/mol. The average Bonchev–Trinajstić information content (AvgIpc) is 2.17. The Kier molecular flexibility index (Phi) is 4.08. The number of halogens is 1. The molecule has 0 saturated heterocycles. The molecule has 0 fully saturated rings. The fraction of sp³-hybridized carbons (Fsp3) is 0.400. The monoisotopic (exact) mass is 271 g/mol. The molecule has 15 heavy (non-hydrogen) atoms. The molecule has 0 unspecified atom stereocenters. The molecule has 0 N–H and O–H groups in total. The number of hydrogen-bond donors (Lipinski definition) is 0. The van der Waals surface area contributed by atoms with Crippen LogP contribution in [0, 0.1) is 0 Å². The van der Waals surface area contributed by atoms with Crippen molar-refractivity contribution in [2.24, 2.45) is 0 Å². The first-order valence-electron chi connectivity index (χ1n) is 4.46. The minimum Gasteiger partial charge on any atom is -0.480 e. The molecule has 0 atom stereocenters. The van der Waals surface area contributed by atoms with Crippen LogP contribution in [0.4, 0.5) is 5.95 Å². The van der Waals surface area contributed by atoms with Crippen LogP contribution < -0.4 is 9.64 Å². The van der Waals surface area contributed by atoms with Gasteiger partial charge in [0.25, 0.3) is 0 Å². The summed E-state index contributed by atoms with van der Waals surface area (Å²) >= 11 is 3.30. The summed E-state index contributed by atoms with van der Waals surface area (Å²) < 4.78 is 5.84. The number of likely N-dealkylation sites (N-methyl/N-ethyl adjacent to an activating group) is 1. The predicted octanol–water partition coefficient (Wildman–Crippen LogP) is 2.26. The third kappa shape index (κ3) is 3.20. The minimum atomic E-state index is 0.536. The molecule has 82 valence electrons. The predicted molar refractivity (Wildman–Crippen MR) is 64.4 cm³/mol. The molecule has 0 saturated carbocycles. The number of aromatic nitrogens is 2. The van der Waals surface area contributed by atoms with E-state index in [2.05, 4.69) is 32.5 Å². The van der Waals surface area contributed by atoms with Crippen molar-refractivity contribution in [1.29, 1.82) is 0 Å². The number of hydrogen-bond acceptors (Lipinski definition) is 4. The molecule has 0 radical (unpaired) electrons. The van der Waals surface area contributed by atoms with Crippen molar-refractivity contribution in [2.75, 3.05) is 25.6 Å². The molecule has 1 heterocycles. The Morgan fingerprint density at radius 3 is 2.87 bits per heavy atom. The van der Waals surface area contributed by atoms with Gasteiger partial charge in [0, 0.05) is 13.6 Å². The van der Waals surface area contributed by atoms with Gasteiger partial charge in [0.1, 0.15) is 0 Å². The van der Waals surface area contributed by atoms with E-state index < -0.39 is 0 Å². The zero-order chi connectivity index (χ0) is 11.4. The van der Waals surface area contributed by atoms with Gasteiger partial charge in [-0.15, -0.1) is 0 Å². The van der Waals surface area contributed by atoms with Crippen molar-refractivity contribution in [3.8, 4) is 5.88 Å². The van der Waals surface area contributed by atoms with E-state index in [0.29, 0.717) is 11.8 Å². The summed E-state index contributed by atoms with van der Waals surface area (Å²) in [4.78, 5) is 10.3. The Morgan fingerprint density at radius 2 is 2.33 bits per heavy atom. The van der Waals surface area contributed by atoms with Gasteiger partial charge >= 0.3 is 0 Å². The summed E-state index contributed by atoms with van der Waals surface area (Å²) in [6.45, 7) is 6.53. The zero-order valence-corrected chi connectivity index (χ0v) is 10.7. The third-order valence-corrected chi connectivity index (χ3v) is 2.29. The highest BCUT2D eigenvalue weighted by atomic mass is 79.9. The van der Waals surface area contributed by atoms with Gasteiger partial charge in [0.15, 0.2) is 0 Å². The van der Waals surface area contributed by atoms with Gasteiger partial charge in [0.2, 0.25) is 11.8 Å². The number of methoxy groups -OCH3 is 1. The minimum absolute atomic E-state index is 0.536. The molecule has 1 aromatic rings. The molecule has 0 aliphatic carbocycles. The maximum Gasteiger partial charge on any atom is 0.232 e. The van der Waals surface area contributed by atoms with Crippen LogP contribution in [-0.2, 0) is 0 Å². The van der Waals surface area contributed by atoms with Crippen molar-refractivity contribution < 1.29 is 4.74 Å². The van der Waals surface area contributed by atoms with Crippen molar-refractivity contribution in [2.45, 2.75) is 6.92 Å². The van der Waals surface area contributed by atoms with E-state index in [1.807, 2.05) is 18.9 Å². The number of anilines is 1. The van der Waals surface area contributed by atoms with Crippen LogP contribution >= 0.6 is 15.9 Å². The largest absolute Gasteiger partial charge is 0.480 e. The Morgan fingerprint density at radius 1 is 1.67 bits per heavy atom. The van der Waals surface area contributed by atoms with Gasteiger partial charge < -0.3 is 9.64 Å². The fourth-order valence-corrected chi connectivity index (χ4v) is 1.50. The smallest absolute Gasteiger partial charge is 0.232 e. The van der Waals surface area contributed by atoms with Gasteiger partial charge in [-0.2, -0.15) is 4.98 Å². The molecule has 0 aromatic carbocycles. The van der Waals surface area contributed by atoms with Crippen LogP contribution in [0.2, 0.25) is 0 Å². The summed E-state index contributed by atoms with van der Waals surface area (Å²) in [6.07, 6.45) is 1.68. The van der Waals surface area contributed by atoms with Crippen molar-refractivity contribution in [3.63, 3.8) is 0 Å². The molecule has 0 bridgehead atoms. The van der Waals surface area contributed by atoms with Crippen LogP contribution in [0.15, 0.2) is 22.8 Å². The molecule has 5 heteroatoms. The molecule has 0 aliphatic heterocycles. The summed E-state index contributed by atoms with van der Waals surface area (Å²) in [6, 6.07) is 0. The lowest BCUT2D eigenvalue weighted by atomic mass is 10.3. The van der Waals surface area contributed by atoms with Crippen LogP contribution in [-0.4, -0.2) is 30.7 Å². The number of rotatable bonds is 4. The molecule has 1 aromatic heterocycles. The molecule has 0 spiro atoms. The first-order valence-corrected chi connectivity index (χ1v) is 5.26. The van der Waals surface area contributed by atoms with Gasteiger partial charge in [-0.1, -0.05) is 12.2 Å². The van der Waals surface area contributed by atoms with E-state index in [1.165, 1.54) is 0 Å². The second-order valence-electron chi connectivity index (χ2n) is 3.34. The van der Waals surface area contributed by atoms with Crippen LogP contribution in [0.5, 0.6) is 5.88 Å². The Balaban J connectivity index is 2.90. The lowest BCUT2D eigenvalue weighted by Crippen LogP contribution is -2.21. The van der Waals surface area contributed by atoms with E-state index in [1.54, 1.807) is 13.3 Å². The van der Waals surface area contributed by atoms with Crippen LogP contribution in [0.1, 0.15) is 6.92 Å². The molecular weight excluding hydrogens is 258 g/mol. The highest BCUT2D eigenvalue weighted by Gasteiger charge is 2.08. The first kappa shape index (κ1) is 12.0. The Labute approximate surface area is 98.1 Å². The second kappa shape index (κ2) is 5.11. The summed E-state index contributed by atoms with van der Waals surface area (Å²) in [5, 5.41) is 0. The van der Waals surface area contributed by atoms with Gasteiger partial charge in [-0.25, -0.2) is 4.98 Å². The first-order chi connectivity index (χ1) is 7.04. The zero-order valence-electron chi connectivity index (χ0n) is 9.12. The lowest BCUT2D eigenvalue weighted by Gasteiger charge is -2.17. The summed E-state index contributed by atoms with van der Waals surface area (Å²) in [5.41, 5.74) is 1.06. The van der Waals surface area contributed by atoms with Crippen molar-refractivity contribution in [3.05, 3.63) is 22.8 Å². The number of ether oxygens (including phenoxy) is 1. The van der Waals surface area contributed by atoms with E-state index >= 15 is 0 Å². The normalized spacial score (nSPS) is 9.87. The maximum atomic E-state index is 5.09. The standard InChI is InChI=1S/C10H14BrN3O/c1-7(2)6-14(3)10-12-5-8(11)9(13-10)15-4/h5H,1,6H2,2-4H3. The molecular formula is C10H14BrN3O. The van der Waals surface area contributed by atoms with Crippen LogP contribution in [0.25, 0.3) is 0 Å². The molecule has 1 rings (SSSR count). The summed E-state index contributed by atoms with van der Waals surface area (Å²) in [5.74, 6) is 1.16. The van der Waals surface area contributed by atoms with E-state index in [-0.39, 0.29) is 0 Å². The summed E-state index contributed by atoms with van der Waals surface area (Å²) in [7, 11) is 3.49. The molecule has 0 aliphatic rings. The Hall–Kier alpha value is -1.10. The van der Waals surface area contributed by atoms with Crippen LogP contribution in [0.3, 0.4) is 0 Å². The highest BCUT2D eigenvalue weighted by Crippen LogP contribution is 2.22. The molecule has 4 nitrogen and oxygen atoms in total. The lowest BCUT2D eigenvalue weighted by molar-refractivity contribution is 0.394. The number of nitrogens with zero attached hydrogens (tertiary/aromatic N) is 3. The van der Waals surface area contributed by atoms with Gasteiger partial charge in [-0.05, 0) is 22.9 Å². The molecule has 0 amide bonds. The fourth-order valence-electron chi connectivity index (χ4n) is 1.15.